The summed E-state index contributed by atoms with van der Waals surface area (Å²) >= 11 is 0. The minimum atomic E-state index is -0.290. The van der Waals surface area contributed by atoms with Gasteiger partial charge < -0.3 is 9.30 Å². The third-order valence-electron chi connectivity index (χ3n) is 6.18. The molecule has 4 rings (SSSR count). The maximum absolute atomic E-state index is 12.9. The van der Waals surface area contributed by atoms with E-state index in [0.717, 1.165) is 37.4 Å². The number of allylic oxidation sites excluding steroid dienone is 2. The molecule has 2 fully saturated rings. The number of likely N-dealkylation sites (tertiary alicyclic amines) is 1. The fraction of sp³-hybridized carbons (Fsp3) is 0.571. The summed E-state index contributed by atoms with van der Waals surface area (Å²) in [4.78, 5) is 39.3. The average Bonchev–Trinajstić information content (AvgIpc) is 3.34. The SMILES string of the molecule is Cc1cc(C(=O)CN2C(=O)[C@H]3CC=CC[C@@H]3C2=O)c(C)n1C[C@@H]1CCCO1. The highest BCUT2D eigenvalue weighted by Gasteiger charge is 2.47. The molecule has 1 aromatic heterocycles. The van der Waals surface area contributed by atoms with E-state index in [0.29, 0.717) is 18.4 Å². The molecule has 2 amide bonds. The standard InChI is InChI=1S/C21H26N2O4/c1-13-10-18(14(2)22(13)11-15-6-5-9-27-15)19(24)12-23-20(25)16-7-3-4-8-17(16)21(23)26/h3-4,10,15-17H,5-9,11-12H2,1-2H3/t15-,16-,17-/m0/s1. The van der Waals surface area contributed by atoms with Crippen LogP contribution >= 0.6 is 0 Å². The molecule has 27 heavy (non-hydrogen) atoms. The molecule has 1 aromatic rings. The van der Waals surface area contributed by atoms with Gasteiger partial charge in [0.2, 0.25) is 11.8 Å². The first kappa shape index (κ1) is 18.2. The second kappa shape index (κ2) is 7.08. The fourth-order valence-corrected chi connectivity index (χ4v) is 4.61. The van der Waals surface area contributed by atoms with Crippen LogP contribution in [0.2, 0.25) is 0 Å². The Morgan fingerprint density at radius 1 is 1.15 bits per heavy atom. The quantitative estimate of drug-likeness (QED) is 0.453. The Hall–Kier alpha value is -2.21. The van der Waals surface area contributed by atoms with Crippen molar-refractivity contribution in [2.24, 2.45) is 11.8 Å². The van der Waals surface area contributed by atoms with Crippen LogP contribution in [0, 0.1) is 25.7 Å². The summed E-state index contributed by atoms with van der Waals surface area (Å²) in [5.74, 6) is -1.15. The topological polar surface area (TPSA) is 68.6 Å². The highest BCUT2D eigenvalue weighted by molar-refractivity contribution is 6.10. The van der Waals surface area contributed by atoms with E-state index in [1.54, 1.807) is 0 Å². The van der Waals surface area contributed by atoms with Crippen molar-refractivity contribution in [2.75, 3.05) is 13.2 Å². The van der Waals surface area contributed by atoms with Gasteiger partial charge in [-0.3, -0.25) is 19.3 Å². The lowest BCUT2D eigenvalue weighted by atomic mass is 9.85. The number of hydrogen-bond acceptors (Lipinski definition) is 4. The van der Waals surface area contributed by atoms with Crippen LogP contribution in [0.1, 0.15) is 47.4 Å². The maximum atomic E-state index is 12.9. The predicted octanol–water partition coefficient (Wildman–Crippen LogP) is 2.42. The molecule has 0 N–H and O–H groups in total. The molecule has 0 bridgehead atoms. The molecular formula is C21H26N2O4. The number of Topliss-reactive ketones (excluding diaryl/α,β-unsaturated/α-hetero) is 1. The lowest BCUT2D eigenvalue weighted by Gasteiger charge is -2.16. The molecule has 3 heterocycles. The van der Waals surface area contributed by atoms with Crippen LogP contribution in [-0.4, -0.2) is 46.3 Å². The average molecular weight is 370 g/mol. The van der Waals surface area contributed by atoms with Gasteiger partial charge >= 0.3 is 0 Å². The number of aromatic nitrogens is 1. The normalized spacial score (nSPS) is 27.5. The summed E-state index contributed by atoms with van der Waals surface area (Å²) in [6, 6.07) is 1.87. The summed E-state index contributed by atoms with van der Waals surface area (Å²) in [5, 5.41) is 0. The van der Waals surface area contributed by atoms with E-state index in [-0.39, 0.29) is 42.1 Å². The van der Waals surface area contributed by atoms with Gasteiger partial charge in [0.05, 0.1) is 24.5 Å². The Morgan fingerprint density at radius 3 is 2.41 bits per heavy atom. The van der Waals surface area contributed by atoms with Crippen molar-refractivity contribution >= 4 is 17.6 Å². The van der Waals surface area contributed by atoms with Gasteiger partial charge in [0.1, 0.15) is 0 Å². The van der Waals surface area contributed by atoms with Crippen LogP contribution in [0.15, 0.2) is 18.2 Å². The Morgan fingerprint density at radius 2 is 1.81 bits per heavy atom. The molecular weight excluding hydrogens is 344 g/mol. The molecule has 6 heteroatoms. The molecule has 3 atom stereocenters. The Kier molecular flexibility index (Phi) is 4.76. The lowest BCUT2D eigenvalue weighted by Crippen LogP contribution is -2.36. The minimum Gasteiger partial charge on any atom is -0.376 e. The minimum absolute atomic E-state index is 0.158. The zero-order chi connectivity index (χ0) is 19.1. The number of ether oxygens (including phenoxy) is 1. The zero-order valence-corrected chi connectivity index (χ0v) is 15.9. The van der Waals surface area contributed by atoms with Crippen molar-refractivity contribution in [3.05, 3.63) is 35.2 Å². The van der Waals surface area contributed by atoms with Gasteiger partial charge in [-0.25, -0.2) is 0 Å². The number of imide groups is 1. The van der Waals surface area contributed by atoms with E-state index < -0.39 is 0 Å². The highest BCUT2D eigenvalue weighted by Crippen LogP contribution is 2.35. The summed E-state index contributed by atoms with van der Waals surface area (Å²) < 4.78 is 7.83. The fourth-order valence-electron chi connectivity index (χ4n) is 4.61. The molecule has 0 unspecified atom stereocenters. The lowest BCUT2D eigenvalue weighted by molar-refractivity contribution is -0.139. The third-order valence-corrected chi connectivity index (χ3v) is 6.18. The zero-order valence-electron chi connectivity index (χ0n) is 15.9. The van der Waals surface area contributed by atoms with Crippen molar-refractivity contribution in [1.82, 2.24) is 9.47 Å². The molecule has 0 radical (unpaired) electrons. The van der Waals surface area contributed by atoms with E-state index in [1.165, 1.54) is 4.90 Å². The van der Waals surface area contributed by atoms with Crippen LogP contribution < -0.4 is 0 Å². The van der Waals surface area contributed by atoms with E-state index in [1.807, 2.05) is 32.1 Å². The number of aryl methyl sites for hydroxylation is 1. The predicted molar refractivity (Wildman–Crippen MR) is 99.3 cm³/mol. The maximum Gasteiger partial charge on any atom is 0.233 e. The van der Waals surface area contributed by atoms with Crippen LogP contribution in [0.3, 0.4) is 0 Å². The molecule has 2 saturated heterocycles. The number of amides is 2. The number of fused-ring (bicyclic) bond motifs is 1. The van der Waals surface area contributed by atoms with Crippen LogP contribution in [-0.2, 0) is 20.9 Å². The molecule has 6 nitrogen and oxygen atoms in total. The van der Waals surface area contributed by atoms with Crippen molar-refractivity contribution < 1.29 is 19.1 Å². The number of nitrogens with zero attached hydrogens (tertiary/aromatic N) is 2. The van der Waals surface area contributed by atoms with E-state index in [9.17, 15) is 14.4 Å². The first-order chi connectivity index (χ1) is 13.0. The smallest absolute Gasteiger partial charge is 0.233 e. The third kappa shape index (κ3) is 3.16. The van der Waals surface area contributed by atoms with Gasteiger partial charge in [-0.15, -0.1) is 0 Å². The van der Waals surface area contributed by atoms with Gasteiger partial charge in [0.25, 0.3) is 0 Å². The van der Waals surface area contributed by atoms with E-state index in [4.69, 9.17) is 4.74 Å². The van der Waals surface area contributed by atoms with Crippen LogP contribution in [0.25, 0.3) is 0 Å². The largest absolute Gasteiger partial charge is 0.376 e. The van der Waals surface area contributed by atoms with E-state index >= 15 is 0 Å². The van der Waals surface area contributed by atoms with Gasteiger partial charge in [-0.1, -0.05) is 12.2 Å². The highest BCUT2D eigenvalue weighted by atomic mass is 16.5. The number of hydrogen-bond donors (Lipinski definition) is 0. The monoisotopic (exact) mass is 370 g/mol. The van der Waals surface area contributed by atoms with Gasteiger partial charge in [0, 0.05) is 30.1 Å². The summed E-state index contributed by atoms with van der Waals surface area (Å²) in [7, 11) is 0. The van der Waals surface area contributed by atoms with Crippen molar-refractivity contribution in [1.29, 1.82) is 0 Å². The van der Waals surface area contributed by atoms with Crippen molar-refractivity contribution in [2.45, 2.75) is 52.2 Å². The summed E-state index contributed by atoms with van der Waals surface area (Å²) in [6.45, 7) is 5.28. The molecule has 2 aliphatic heterocycles. The molecule has 0 saturated carbocycles. The van der Waals surface area contributed by atoms with Gasteiger partial charge in [-0.05, 0) is 45.6 Å². The Balaban J connectivity index is 1.50. The van der Waals surface area contributed by atoms with Crippen LogP contribution in [0.5, 0.6) is 0 Å². The summed E-state index contributed by atoms with van der Waals surface area (Å²) in [6.07, 6.45) is 7.40. The molecule has 144 valence electrons. The molecule has 0 aromatic carbocycles. The number of ketones is 1. The molecule has 3 aliphatic rings. The summed E-state index contributed by atoms with van der Waals surface area (Å²) in [5.41, 5.74) is 2.48. The Labute approximate surface area is 159 Å². The first-order valence-electron chi connectivity index (χ1n) is 9.79. The van der Waals surface area contributed by atoms with Crippen molar-refractivity contribution in [3.8, 4) is 0 Å². The van der Waals surface area contributed by atoms with Gasteiger partial charge in [-0.2, -0.15) is 0 Å². The van der Waals surface area contributed by atoms with Crippen molar-refractivity contribution in [3.63, 3.8) is 0 Å². The molecule has 1 aliphatic carbocycles. The number of carbonyl (C=O) groups is 3. The Bertz CT molecular complexity index is 790. The van der Waals surface area contributed by atoms with Crippen LogP contribution in [0.4, 0.5) is 0 Å². The number of carbonyl (C=O) groups excluding carboxylic acids is 3. The second-order valence-corrected chi connectivity index (χ2v) is 7.87. The molecule has 0 spiro atoms. The first-order valence-corrected chi connectivity index (χ1v) is 9.79. The van der Waals surface area contributed by atoms with Gasteiger partial charge in [0.15, 0.2) is 5.78 Å². The van der Waals surface area contributed by atoms with E-state index in [2.05, 4.69) is 4.57 Å². The number of rotatable bonds is 5. The second-order valence-electron chi connectivity index (χ2n) is 7.87.